The summed E-state index contributed by atoms with van der Waals surface area (Å²) in [4.78, 5) is 13.6. The number of piperidine rings is 1. The lowest BCUT2D eigenvalue weighted by molar-refractivity contribution is 0.0103. The van der Waals surface area contributed by atoms with Crippen LogP contribution >= 0.6 is 11.5 Å². The lowest BCUT2D eigenvalue weighted by Gasteiger charge is -2.43. The van der Waals surface area contributed by atoms with Crippen LogP contribution in [0.2, 0.25) is 0 Å². The third kappa shape index (κ3) is 3.55. The molecule has 2 aromatic rings. The summed E-state index contributed by atoms with van der Waals surface area (Å²) in [5.74, 6) is 0.809. The average molecular weight is 346 g/mol. The zero-order valence-electron chi connectivity index (χ0n) is 13.7. The van der Waals surface area contributed by atoms with Gasteiger partial charge in [-0.2, -0.15) is 0 Å². The van der Waals surface area contributed by atoms with Crippen molar-refractivity contribution in [1.29, 1.82) is 0 Å². The maximum Gasteiger partial charge on any atom is 0.225 e. The topological polar surface area (TPSA) is 67.3 Å². The number of aromatic nitrogens is 4. The van der Waals surface area contributed by atoms with Crippen molar-refractivity contribution in [1.82, 2.24) is 24.5 Å². The number of rotatable bonds is 3. The molecule has 1 spiro atoms. The van der Waals surface area contributed by atoms with Crippen LogP contribution in [-0.2, 0) is 11.3 Å². The van der Waals surface area contributed by atoms with Crippen LogP contribution in [0, 0.1) is 5.41 Å². The summed E-state index contributed by atoms with van der Waals surface area (Å²) in [6.07, 6.45) is 5.99. The van der Waals surface area contributed by atoms with Gasteiger partial charge in [0, 0.05) is 49.4 Å². The second kappa shape index (κ2) is 7.08. The Bertz CT molecular complexity index is 639. The molecule has 2 saturated heterocycles. The van der Waals surface area contributed by atoms with E-state index >= 15 is 0 Å². The molecule has 24 heavy (non-hydrogen) atoms. The highest BCUT2D eigenvalue weighted by Crippen LogP contribution is 2.34. The Labute approximate surface area is 145 Å². The van der Waals surface area contributed by atoms with Crippen LogP contribution in [0.4, 0.5) is 5.95 Å². The molecule has 0 radical (unpaired) electrons. The zero-order chi connectivity index (χ0) is 16.2. The summed E-state index contributed by atoms with van der Waals surface area (Å²) in [7, 11) is 0. The molecule has 0 saturated carbocycles. The van der Waals surface area contributed by atoms with E-state index in [1.807, 2.05) is 23.8 Å². The van der Waals surface area contributed by atoms with Gasteiger partial charge in [-0.15, -0.1) is 5.10 Å². The summed E-state index contributed by atoms with van der Waals surface area (Å²) in [6, 6.07) is 1.86. The molecule has 4 heterocycles. The van der Waals surface area contributed by atoms with Gasteiger partial charge in [0.2, 0.25) is 5.95 Å². The predicted octanol–water partition coefficient (Wildman–Crippen LogP) is 1.45. The SMILES string of the molecule is c1cnc(N2CCOCC3(CCCN(Cc4csnn4)C3)C2)nc1. The second-order valence-electron chi connectivity index (χ2n) is 6.73. The normalized spacial score (nSPS) is 25.8. The van der Waals surface area contributed by atoms with Crippen molar-refractivity contribution in [3.8, 4) is 0 Å². The summed E-state index contributed by atoms with van der Waals surface area (Å²) in [6.45, 7) is 6.35. The van der Waals surface area contributed by atoms with Crippen molar-refractivity contribution in [3.63, 3.8) is 0 Å². The standard InChI is InChI=1S/C16H22N6OS/c1-3-16(11-21(6-1)9-14-10-24-20-19-14)12-22(7-8-23-13-16)15-17-4-2-5-18-15/h2,4-5,10H,1,3,6-9,11-13H2. The number of ether oxygens (including phenoxy) is 1. The van der Waals surface area contributed by atoms with Gasteiger partial charge in [0.1, 0.15) is 0 Å². The van der Waals surface area contributed by atoms with Gasteiger partial charge >= 0.3 is 0 Å². The van der Waals surface area contributed by atoms with Gasteiger partial charge in [0.15, 0.2) is 0 Å². The Morgan fingerprint density at radius 3 is 2.96 bits per heavy atom. The Morgan fingerprint density at radius 1 is 1.21 bits per heavy atom. The van der Waals surface area contributed by atoms with Crippen LogP contribution in [0.5, 0.6) is 0 Å². The van der Waals surface area contributed by atoms with E-state index in [9.17, 15) is 0 Å². The van der Waals surface area contributed by atoms with Gasteiger partial charge in [0.05, 0.1) is 18.9 Å². The average Bonchev–Trinajstić information content (AvgIpc) is 3.03. The first-order valence-electron chi connectivity index (χ1n) is 8.41. The molecule has 0 bridgehead atoms. The minimum absolute atomic E-state index is 0.136. The van der Waals surface area contributed by atoms with Crippen LogP contribution in [0.1, 0.15) is 18.5 Å². The first kappa shape index (κ1) is 15.9. The van der Waals surface area contributed by atoms with Crippen molar-refractivity contribution in [2.75, 3.05) is 44.3 Å². The van der Waals surface area contributed by atoms with Gasteiger partial charge in [-0.1, -0.05) is 4.49 Å². The third-order valence-corrected chi connectivity index (χ3v) is 5.36. The van der Waals surface area contributed by atoms with E-state index in [0.29, 0.717) is 0 Å². The number of likely N-dealkylation sites (tertiary alicyclic amines) is 1. The van der Waals surface area contributed by atoms with Crippen LogP contribution in [0.3, 0.4) is 0 Å². The molecule has 0 amide bonds. The smallest absolute Gasteiger partial charge is 0.225 e. The monoisotopic (exact) mass is 346 g/mol. The maximum atomic E-state index is 5.97. The fourth-order valence-electron chi connectivity index (χ4n) is 3.79. The molecule has 1 atom stereocenters. The third-order valence-electron chi connectivity index (χ3n) is 4.81. The number of hydrogen-bond donors (Lipinski definition) is 0. The molecule has 2 aromatic heterocycles. The van der Waals surface area contributed by atoms with E-state index in [0.717, 1.165) is 57.6 Å². The van der Waals surface area contributed by atoms with Crippen molar-refractivity contribution in [2.24, 2.45) is 5.41 Å². The minimum atomic E-state index is 0.136. The quantitative estimate of drug-likeness (QED) is 0.833. The molecule has 2 fully saturated rings. The molecular weight excluding hydrogens is 324 g/mol. The van der Waals surface area contributed by atoms with Gasteiger partial charge in [-0.05, 0) is 37.0 Å². The van der Waals surface area contributed by atoms with Crippen LogP contribution in [0.15, 0.2) is 23.8 Å². The van der Waals surface area contributed by atoms with E-state index in [1.165, 1.54) is 24.4 Å². The summed E-state index contributed by atoms with van der Waals surface area (Å²) >= 11 is 1.42. The van der Waals surface area contributed by atoms with Crippen LogP contribution < -0.4 is 4.90 Å². The minimum Gasteiger partial charge on any atom is -0.379 e. The van der Waals surface area contributed by atoms with E-state index in [1.54, 1.807) is 0 Å². The summed E-state index contributed by atoms with van der Waals surface area (Å²) < 4.78 is 9.95. The van der Waals surface area contributed by atoms with E-state index < -0.39 is 0 Å². The fraction of sp³-hybridized carbons (Fsp3) is 0.625. The van der Waals surface area contributed by atoms with E-state index in [-0.39, 0.29) is 5.41 Å². The predicted molar refractivity (Wildman–Crippen MR) is 91.9 cm³/mol. The Hall–Kier alpha value is -1.64. The Morgan fingerprint density at radius 2 is 2.12 bits per heavy atom. The molecule has 2 aliphatic rings. The Balaban J connectivity index is 1.49. The first-order valence-corrected chi connectivity index (χ1v) is 9.25. The second-order valence-corrected chi connectivity index (χ2v) is 7.34. The fourth-order valence-corrected chi connectivity index (χ4v) is 4.23. The highest BCUT2D eigenvalue weighted by atomic mass is 32.1. The van der Waals surface area contributed by atoms with Gasteiger partial charge in [-0.25, -0.2) is 9.97 Å². The number of nitrogens with zero attached hydrogens (tertiary/aromatic N) is 6. The highest BCUT2D eigenvalue weighted by molar-refractivity contribution is 7.03. The molecular formula is C16H22N6OS. The van der Waals surface area contributed by atoms with Gasteiger partial charge in [0.25, 0.3) is 0 Å². The largest absolute Gasteiger partial charge is 0.379 e. The van der Waals surface area contributed by atoms with Crippen LogP contribution in [-0.4, -0.2) is 63.8 Å². The lowest BCUT2D eigenvalue weighted by atomic mass is 9.80. The molecule has 128 valence electrons. The highest BCUT2D eigenvalue weighted by Gasteiger charge is 2.39. The van der Waals surface area contributed by atoms with Gasteiger partial charge in [-0.3, -0.25) is 4.90 Å². The maximum absolute atomic E-state index is 5.97. The number of hydrogen-bond acceptors (Lipinski definition) is 8. The first-order chi connectivity index (χ1) is 11.8. The lowest BCUT2D eigenvalue weighted by Crippen LogP contribution is -2.50. The summed E-state index contributed by atoms with van der Waals surface area (Å²) in [5, 5.41) is 6.23. The number of anilines is 1. The molecule has 7 nitrogen and oxygen atoms in total. The molecule has 0 aliphatic carbocycles. The van der Waals surface area contributed by atoms with Crippen LogP contribution in [0.25, 0.3) is 0 Å². The Kier molecular flexibility index (Phi) is 4.68. The molecule has 8 heteroatoms. The summed E-state index contributed by atoms with van der Waals surface area (Å²) in [5.41, 5.74) is 1.20. The van der Waals surface area contributed by atoms with Crippen molar-refractivity contribution >= 4 is 17.5 Å². The molecule has 1 unspecified atom stereocenters. The van der Waals surface area contributed by atoms with Crippen molar-refractivity contribution < 1.29 is 4.74 Å². The van der Waals surface area contributed by atoms with E-state index in [2.05, 4.69) is 29.4 Å². The molecule has 0 N–H and O–H groups in total. The van der Waals surface area contributed by atoms with Crippen molar-refractivity contribution in [2.45, 2.75) is 19.4 Å². The molecule has 0 aromatic carbocycles. The van der Waals surface area contributed by atoms with Crippen molar-refractivity contribution in [3.05, 3.63) is 29.5 Å². The molecule has 4 rings (SSSR count). The zero-order valence-corrected chi connectivity index (χ0v) is 14.5. The van der Waals surface area contributed by atoms with Gasteiger partial charge < -0.3 is 9.64 Å². The van der Waals surface area contributed by atoms with E-state index in [4.69, 9.17) is 4.74 Å². The molecule has 2 aliphatic heterocycles.